The highest BCUT2D eigenvalue weighted by Gasteiger charge is 2.08. The van der Waals surface area contributed by atoms with Crippen molar-refractivity contribution in [3.8, 4) is 0 Å². The first kappa shape index (κ1) is 9.70. The lowest BCUT2D eigenvalue weighted by molar-refractivity contribution is 0.614. The SMILES string of the molecule is Cc1cc(N)nn1Cc1nnc(C)n1C. The molecule has 0 aromatic carbocycles. The number of hydrogen-bond acceptors (Lipinski definition) is 4. The summed E-state index contributed by atoms with van der Waals surface area (Å²) >= 11 is 0. The van der Waals surface area contributed by atoms with E-state index in [1.165, 1.54) is 0 Å². The van der Waals surface area contributed by atoms with Gasteiger partial charge in [0.25, 0.3) is 0 Å². The third kappa shape index (κ3) is 1.70. The van der Waals surface area contributed by atoms with E-state index in [-0.39, 0.29) is 0 Å². The second kappa shape index (κ2) is 3.38. The van der Waals surface area contributed by atoms with E-state index >= 15 is 0 Å². The van der Waals surface area contributed by atoms with Crippen LogP contribution in [0.5, 0.6) is 0 Å². The third-order valence-corrected chi connectivity index (χ3v) is 2.47. The summed E-state index contributed by atoms with van der Waals surface area (Å²) in [5.74, 6) is 2.30. The maximum atomic E-state index is 5.60. The first-order valence-electron chi connectivity index (χ1n) is 4.72. The van der Waals surface area contributed by atoms with E-state index in [1.54, 1.807) is 0 Å². The van der Waals surface area contributed by atoms with Gasteiger partial charge in [-0.1, -0.05) is 0 Å². The standard InChI is InChI=1S/C9H14N6/c1-6-4-8(10)13-15(6)5-9-12-11-7(2)14(9)3/h4H,5H2,1-3H3,(H2,10,13). The molecule has 6 nitrogen and oxygen atoms in total. The fourth-order valence-electron chi connectivity index (χ4n) is 1.42. The minimum Gasteiger partial charge on any atom is -0.382 e. The van der Waals surface area contributed by atoms with Crippen LogP contribution in [0, 0.1) is 13.8 Å². The minimum absolute atomic E-state index is 0.534. The molecule has 0 bridgehead atoms. The normalized spacial score (nSPS) is 10.9. The van der Waals surface area contributed by atoms with E-state index in [9.17, 15) is 0 Å². The van der Waals surface area contributed by atoms with Gasteiger partial charge in [-0.2, -0.15) is 5.10 Å². The topological polar surface area (TPSA) is 74.6 Å². The van der Waals surface area contributed by atoms with E-state index in [0.717, 1.165) is 17.3 Å². The van der Waals surface area contributed by atoms with Crippen LogP contribution in [-0.4, -0.2) is 24.5 Å². The van der Waals surface area contributed by atoms with Crippen LogP contribution in [0.4, 0.5) is 5.82 Å². The highest BCUT2D eigenvalue weighted by molar-refractivity contribution is 5.28. The van der Waals surface area contributed by atoms with Gasteiger partial charge in [0.15, 0.2) is 5.82 Å². The van der Waals surface area contributed by atoms with Crippen LogP contribution >= 0.6 is 0 Å². The number of anilines is 1. The zero-order chi connectivity index (χ0) is 11.0. The van der Waals surface area contributed by atoms with Gasteiger partial charge in [-0.15, -0.1) is 10.2 Å². The summed E-state index contributed by atoms with van der Waals surface area (Å²) in [6.07, 6.45) is 0. The molecule has 2 aromatic heterocycles. The molecule has 6 heteroatoms. The molecule has 0 amide bonds. The van der Waals surface area contributed by atoms with E-state index < -0.39 is 0 Å². The Bertz CT molecular complexity index is 481. The summed E-state index contributed by atoms with van der Waals surface area (Å²) in [6, 6.07) is 1.84. The van der Waals surface area contributed by atoms with Gasteiger partial charge in [0.05, 0.1) is 0 Å². The van der Waals surface area contributed by atoms with Gasteiger partial charge < -0.3 is 10.3 Å². The van der Waals surface area contributed by atoms with E-state index in [0.29, 0.717) is 12.4 Å². The lowest BCUT2D eigenvalue weighted by Crippen LogP contribution is -2.09. The molecule has 0 radical (unpaired) electrons. The molecule has 2 aromatic rings. The molecule has 0 unspecified atom stereocenters. The molecular weight excluding hydrogens is 192 g/mol. The number of aromatic nitrogens is 5. The van der Waals surface area contributed by atoms with E-state index in [4.69, 9.17) is 5.73 Å². The van der Waals surface area contributed by atoms with Crippen LogP contribution in [-0.2, 0) is 13.6 Å². The molecule has 0 atom stereocenters. The molecule has 80 valence electrons. The van der Waals surface area contributed by atoms with Gasteiger partial charge >= 0.3 is 0 Å². The van der Waals surface area contributed by atoms with Crippen molar-refractivity contribution >= 4 is 5.82 Å². The van der Waals surface area contributed by atoms with Gasteiger partial charge in [0, 0.05) is 18.8 Å². The van der Waals surface area contributed by atoms with Gasteiger partial charge in [-0.3, -0.25) is 4.68 Å². The van der Waals surface area contributed by atoms with Crippen molar-refractivity contribution in [3.63, 3.8) is 0 Å². The number of aryl methyl sites for hydroxylation is 2. The zero-order valence-electron chi connectivity index (χ0n) is 9.10. The zero-order valence-corrected chi connectivity index (χ0v) is 9.10. The number of nitrogen functional groups attached to an aromatic ring is 1. The van der Waals surface area contributed by atoms with Crippen molar-refractivity contribution < 1.29 is 0 Å². The number of nitrogens with zero attached hydrogens (tertiary/aromatic N) is 5. The Morgan fingerprint density at radius 3 is 2.53 bits per heavy atom. The molecule has 2 rings (SSSR count). The highest BCUT2D eigenvalue weighted by Crippen LogP contribution is 2.07. The predicted molar refractivity (Wildman–Crippen MR) is 56.2 cm³/mol. The van der Waals surface area contributed by atoms with E-state index in [2.05, 4.69) is 15.3 Å². The van der Waals surface area contributed by atoms with Crippen LogP contribution < -0.4 is 5.73 Å². The average molecular weight is 206 g/mol. The fourth-order valence-corrected chi connectivity index (χ4v) is 1.42. The predicted octanol–water partition coefficient (Wildman–Crippen LogP) is 0.259. The fraction of sp³-hybridized carbons (Fsp3) is 0.444. The Hall–Kier alpha value is -1.85. The summed E-state index contributed by atoms with van der Waals surface area (Å²) in [7, 11) is 1.94. The number of nitrogens with two attached hydrogens (primary N) is 1. The monoisotopic (exact) mass is 206 g/mol. The summed E-state index contributed by atoms with van der Waals surface area (Å²) < 4.78 is 3.76. The van der Waals surface area contributed by atoms with Gasteiger partial charge in [0.1, 0.15) is 18.2 Å². The molecule has 0 aliphatic rings. The molecule has 0 aliphatic carbocycles. The lowest BCUT2D eigenvalue weighted by Gasteiger charge is -2.03. The van der Waals surface area contributed by atoms with Crippen molar-refractivity contribution in [1.82, 2.24) is 24.5 Å². The average Bonchev–Trinajstić information content (AvgIpc) is 2.64. The van der Waals surface area contributed by atoms with Gasteiger partial charge in [0.2, 0.25) is 0 Å². The molecule has 0 saturated carbocycles. The second-order valence-electron chi connectivity index (χ2n) is 3.59. The minimum atomic E-state index is 0.534. The van der Waals surface area contributed by atoms with Crippen molar-refractivity contribution in [1.29, 1.82) is 0 Å². The van der Waals surface area contributed by atoms with Gasteiger partial charge in [-0.25, -0.2) is 0 Å². The third-order valence-electron chi connectivity index (χ3n) is 2.47. The highest BCUT2D eigenvalue weighted by atomic mass is 15.3. The molecule has 2 heterocycles. The number of rotatable bonds is 2. The molecule has 15 heavy (non-hydrogen) atoms. The van der Waals surface area contributed by atoms with Crippen LogP contribution in [0.1, 0.15) is 17.3 Å². The van der Waals surface area contributed by atoms with Crippen molar-refractivity contribution in [2.24, 2.45) is 7.05 Å². The summed E-state index contributed by atoms with van der Waals surface area (Å²) in [5.41, 5.74) is 6.62. The Morgan fingerprint density at radius 1 is 1.33 bits per heavy atom. The Kier molecular flexibility index (Phi) is 2.18. The number of hydrogen-bond donors (Lipinski definition) is 1. The summed E-state index contributed by atoms with van der Waals surface area (Å²) in [6.45, 7) is 4.48. The quantitative estimate of drug-likeness (QED) is 0.764. The Balaban J connectivity index is 2.29. The maximum absolute atomic E-state index is 5.60. The summed E-state index contributed by atoms with van der Waals surface area (Å²) in [5, 5.41) is 12.2. The largest absolute Gasteiger partial charge is 0.382 e. The Labute approximate surface area is 87.7 Å². The molecule has 0 fully saturated rings. The molecule has 0 spiro atoms. The van der Waals surface area contributed by atoms with Gasteiger partial charge in [-0.05, 0) is 13.8 Å². The smallest absolute Gasteiger partial charge is 0.154 e. The molecule has 0 aliphatic heterocycles. The molecule has 0 saturated heterocycles. The first-order valence-corrected chi connectivity index (χ1v) is 4.72. The second-order valence-corrected chi connectivity index (χ2v) is 3.59. The molecule has 2 N–H and O–H groups in total. The first-order chi connectivity index (χ1) is 7.08. The van der Waals surface area contributed by atoms with Crippen LogP contribution in [0.2, 0.25) is 0 Å². The van der Waals surface area contributed by atoms with Crippen LogP contribution in [0.3, 0.4) is 0 Å². The van der Waals surface area contributed by atoms with E-state index in [1.807, 2.05) is 36.2 Å². The van der Waals surface area contributed by atoms with Crippen LogP contribution in [0.15, 0.2) is 6.07 Å². The maximum Gasteiger partial charge on any atom is 0.154 e. The summed E-state index contributed by atoms with van der Waals surface area (Å²) in [4.78, 5) is 0. The van der Waals surface area contributed by atoms with Crippen molar-refractivity contribution in [3.05, 3.63) is 23.4 Å². The van der Waals surface area contributed by atoms with Crippen LogP contribution in [0.25, 0.3) is 0 Å². The Morgan fingerprint density at radius 2 is 2.07 bits per heavy atom. The van der Waals surface area contributed by atoms with Crippen molar-refractivity contribution in [2.45, 2.75) is 20.4 Å². The molecular formula is C9H14N6. The van der Waals surface area contributed by atoms with Crippen molar-refractivity contribution in [2.75, 3.05) is 5.73 Å². The lowest BCUT2D eigenvalue weighted by atomic mass is 10.4.